The van der Waals surface area contributed by atoms with Crippen LogP contribution in [0.1, 0.15) is 51.1 Å². The summed E-state index contributed by atoms with van der Waals surface area (Å²) in [5, 5.41) is 4.06. The topological polar surface area (TPSA) is 71.0 Å². The molecular weight excluding hydrogens is 358 g/mol. The van der Waals surface area contributed by atoms with Gasteiger partial charge in [0.05, 0.1) is 10.6 Å². The van der Waals surface area contributed by atoms with Crippen LogP contribution in [0.4, 0.5) is 5.82 Å². The predicted octanol–water partition coefficient (Wildman–Crippen LogP) is 3.58. The molecule has 1 aliphatic carbocycles. The quantitative estimate of drug-likeness (QED) is 0.731. The van der Waals surface area contributed by atoms with Crippen LogP contribution < -0.4 is 10.2 Å². The lowest BCUT2D eigenvalue weighted by Crippen LogP contribution is -2.24. The molecule has 27 heavy (non-hydrogen) atoms. The van der Waals surface area contributed by atoms with Gasteiger partial charge in [-0.3, -0.25) is 4.79 Å². The van der Waals surface area contributed by atoms with E-state index in [2.05, 4.69) is 15.3 Å². The van der Waals surface area contributed by atoms with Crippen LogP contribution in [0.25, 0.3) is 10.2 Å². The average molecular weight is 382 g/mol. The van der Waals surface area contributed by atoms with Crippen molar-refractivity contribution in [3.63, 3.8) is 0 Å². The maximum atomic E-state index is 12.8. The molecule has 0 radical (unpaired) electrons. The number of hydrogen-bond donors (Lipinski definition) is 1. The van der Waals surface area contributed by atoms with Crippen LogP contribution in [0.2, 0.25) is 0 Å². The highest BCUT2D eigenvalue weighted by atomic mass is 32.1. The van der Waals surface area contributed by atoms with E-state index in [4.69, 9.17) is 4.98 Å². The first kappa shape index (κ1) is 17.9. The number of fused-ring (bicyclic) bond motifs is 1. The molecule has 3 aromatic rings. The van der Waals surface area contributed by atoms with Gasteiger partial charge < -0.3 is 10.2 Å². The second-order valence-corrected chi connectivity index (χ2v) is 8.24. The smallest absolute Gasteiger partial charge is 0.261 e. The minimum absolute atomic E-state index is 0.0727. The number of nitrogens with zero attached hydrogens (tertiary/aromatic N) is 4. The van der Waals surface area contributed by atoms with Crippen molar-refractivity contribution in [3.05, 3.63) is 45.9 Å². The third-order valence-electron chi connectivity index (χ3n) is 4.87. The molecule has 0 unspecified atom stereocenters. The van der Waals surface area contributed by atoms with Gasteiger partial charge in [-0.15, -0.1) is 11.3 Å². The zero-order valence-electron chi connectivity index (χ0n) is 16.0. The summed E-state index contributed by atoms with van der Waals surface area (Å²) in [5.41, 5.74) is 2.92. The normalized spacial score (nSPS) is 13.8. The van der Waals surface area contributed by atoms with Crippen LogP contribution in [-0.4, -0.2) is 35.0 Å². The third kappa shape index (κ3) is 3.39. The summed E-state index contributed by atoms with van der Waals surface area (Å²) in [7, 11) is 3.89. The number of pyridine rings is 1. The predicted molar refractivity (Wildman–Crippen MR) is 109 cm³/mol. The van der Waals surface area contributed by atoms with Gasteiger partial charge in [0.2, 0.25) is 0 Å². The highest BCUT2D eigenvalue weighted by Crippen LogP contribution is 2.40. The van der Waals surface area contributed by atoms with E-state index in [-0.39, 0.29) is 5.91 Å². The number of carbonyl (C=O) groups is 1. The van der Waals surface area contributed by atoms with E-state index in [1.54, 1.807) is 6.20 Å². The minimum atomic E-state index is -0.0727. The Morgan fingerprint density at radius 2 is 2.07 bits per heavy atom. The van der Waals surface area contributed by atoms with E-state index in [0.29, 0.717) is 17.3 Å². The monoisotopic (exact) mass is 381 g/mol. The highest BCUT2D eigenvalue weighted by Gasteiger charge is 2.28. The maximum absolute atomic E-state index is 12.8. The summed E-state index contributed by atoms with van der Waals surface area (Å²) in [6, 6.07) is 3.87. The van der Waals surface area contributed by atoms with E-state index in [1.807, 2.05) is 45.0 Å². The van der Waals surface area contributed by atoms with E-state index in [9.17, 15) is 4.79 Å². The molecule has 140 valence electrons. The van der Waals surface area contributed by atoms with Crippen LogP contribution in [0, 0.1) is 13.8 Å². The summed E-state index contributed by atoms with van der Waals surface area (Å²) < 4.78 is 0. The number of hydrogen-bond acceptors (Lipinski definition) is 6. The number of anilines is 1. The van der Waals surface area contributed by atoms with Gasteiger partial charge in [0.15, 0.2) is 0 Å². The molecule has 0 aliphatic heterocycles. The van der Waals surface area contributed by atoms with E-state index in [1.165, 1.54) is 24.2 Å². The van der Waals surface area contributed by atoms with Gasteiger partial charge in [0, 0.05) is 43.7 Å². The van der Waals surface area contributed by atoms with Gasteiger partial charge in [-0.2, -0.15) is 0 Å². The molecule has 6 nitrogen and oxygen atoms in total. The summed E-state index contributed by atoms with van der Waals surface area (Å²) in [6.07, 6.45) is 4.10. The molecule has 0 saturated heterocycles. The van der Waals surface area contributed by atoms with Gasteiger partial charge in [0.25, 0.3) is 5.91 Å². The van der Waals surface area contributed by atoms with Gasteiger partial charge in [-0.25, -0.2) is 15.0 Å². The number of thiophene rings is 1. The molecule has 1 N–H and O–H groups in total. The lowest BCUT2D eigenvalue weighted by molar-refractivity contribution is 0.0954. The summed E-state index contributed by atoms with van der Waals surface area (Å²) >= 11 is 1.46. The minimum Gasteiger partial charge on any atom is -0.362 e. The molecule has 7 heteroatoms. The van der Waals surface area contributed by atoms with Crippen LogP contribution in [-0.2, 0) is 6.54 Å². The van der Waals surface area contributed by atoms with Crippen molar-refractivity contribution in [1.82, 2.24) is 20.3 Å². The van der Waals surface area contributed by atoms with Crippen molar-refractivity contribution in [2.45, 2.75) is 39.2 Å². The summed E-state index contributed by atoms with van der Waals surface area (Å²) in [4.78, 5) is 30.2. The van der Waals surface area contributed by atoms with Crippen LogP contribution >= 0.6 is 11.3 Å². The van der Waals surface area contributed by atoms with Crippen molar-refractivity contribution in [3.8, 4) is 0 Å². The lowest BCUT2D eigenvalue weighted by Gasteiger charge is -2.16. The average Bonchev–Trinajstić information content (AvgIpc) is 3.43. The molecule has 1 amide bonds. The van der Waals surface area contributed by atoms with Crippen molar-refractivity contribution < 1.29 is 4.79 Å². The molecule has 0 aromatic carbocycles. The van der Waals surface area contributed by atoms with Gasteiger partial charge in [-0.05, 0) is 38.3 Å². The van der Waals surface area contributed by atoms with E-state index in [0.717, 1.165) is 38.7 Å². The number of carbonyl (C=O) groups excluding carboxylic acids is 1. The third-order valence-corrected chi connectivity index (χ3v) is 6.05. The highest BCUT2D eigenvalue weighted by molar-refractivity contribution is 7.20. The molecule has 1 fully saturated rings. The molecule has 0 atom stereocenters. The zero-order valence-corrected chi connectivity index (χ0v) is 16.9. The number of amides is 1. The van der Waals surface area contributed by atoms with Gasteiger partial charge in [0.1, 0.15) is 16.5 Å². The van der Waals surface area contributed by atoms with Gasteiger partial charge in [-0.1, -0.05) is 6.07 Å². The Bertz CT molecular complexity index is 1020. The Morgan fingerprint density at radius 3 is 2.78 bits per heavy atom. The standard InChI is InChI=1S/C20H23N5OS/c1-11-15-12(2)23-17(13-7-8-13)24-20(15)27-16(11)19(26)22-10-14-6-5-9-21-18(14)25(3)4/h5-6,9,13H,7-8,10H2,1-4H3,(H,22,26). The second-order valence-electron chi connectivity index (χ2n) is 7.24. The molecule has 0 bridgehead atoms. The Morgan fingerprint density at radius 1 is 1.30 bits per heavy atom. The SMILES string of the molecule is Cc1nc(C2CC2)nc2sc(C(=O)NCc3cccnc3N(C)C)c(C)c12. The van der Waals surface area contributed by atoms with Crippen LogP contribution in [0.15, 0.2) is 18.3 Å². The lowest BCUT2D eigenvalue weighted by atomic mass is 10.1. The van der Waals surface area contributed by atoms with Crippen molar-refractivity contribution in [2.75, 3.05) is 19.0 Å². The Balaban J connectivity index is 1.60. The number of rotatable bonds is 5. The first-order chi connectivity index (χ1) is 13.0. The molecule has 3 aromatic heterocycles. The van der Waals surface area contributed by atoms with Crippen LogP contribution in [0.3, 0.4) is 0 Å². The zero-order chi connectivity index (χ0) is 19.1. The van der Waals surface area contributed by atoms with Crippen molar-refractivity contribution >= 4 is 33.3 Å². The Labute approximate surface area is 162 Å². The largest absolute Gasteiger partial charge is 0.362 e. The number of nitrogens with one attached hydrogen (secondary N) is 1. The number of aryl methyl sites for hydroxylation is 2. The Kier molecular flexibility index (Phi) is 4.55. The Hall–Kier alpha value is -2.54. The van der Waals surface area contributed by atoms with Gasteiger partial charge >= 0.3 is 0 Å². The molecule has 0 spiro atoms. The molecular formula is C20H23N5OS. The van der Waals surface area contributed by atoms with Crippen LogP contribution in [0.5, 0.6) is 0 Å². The first-order valence-electron chi connectivity index (χ1n) is 9.12. The van der Waals surface area contributed by atoms with Crippen molar-refractivity contribution in [1.29, 1.82) is 0 Å². The molecule has 1 aliphatic rings. The summed E-state index contributed by atoms with van der Waals surface area (Å²) in [6.45, 7) is 4.43. The van der Waals surface area contributed by atoms with E-state index < -0.39 is 0 Å². The van der Waals surface area contributed by atoms with E-state index >= 15 is 0 Å². The fourth-order valence-corrected chi connectivity index (χ4v) is 4.48. The fraction of sp³-hybridized carbons (Fsp3) is 0.400. The van der Waals surface area contributed by atoms with Crippen molar-refractivity contribution in [2.24, 2.45) is 0 Å². The molecule has 3 heterocycles. The second kappa shape index (κ2) is 6.88. The molecule has 1 saturated carbocycles. The maximum Gasteiger partial charge on any atom is 0.261 e. The number of aromatic nitrogens is 3. The summed E-state index contributed by atoms with van der Waals surface area (Å²) in [5.74, 6) is 2.22. The molecule has 4 rings (SSSR count). The fourth-order valence-electron chi connectivity index (χ4n) is 3.33. The first-order valence-corrected chi connectivity index (χ1v) is 9.94.